The van der Waals surface area contributed by atoms with Gasteiger partial charge in [0.25, 0.3) is 0 Å². The summed E-state index contributed by atoms with van der Waals surface area (Å²) in [6.07, 6.45) is 11.9. The number of sulfonamides is 1. The summed E-state index contributed by atoms with van der Waals surface area (Å²) >= 11 is 0. The van der Waals surface area contributed by atoms with Gasteiger partial charge in [-0.2, -0.15) is 4.31 Å². The maximum absolute atomic E-state index is 13.0. The summed E-state index contributed by atoms with van der Waals surface area (Å²) in [7, 11) is -3.42. The maximum atomic E-state index is 13.0. The minimum absolute atomic E-state index is 0.00375. The highest BCUT2D eigenvalue weighted by Crippen LogP contribution is 2.29. The smallest absolute Gasteiger partial charge is 0.207 e. The predicted molar refractivity (Wildman–Crippen MR) is 89.2 cm³/mol. The van der Waals surface area contributed by atoms with Crippen LogP contribution in [0.4, 0.5) is 0 Å². The Morgan fingerprint density at radius 3 is 2.64 bits per heavy atom. The van der Waals surface area contributed by atoms with Crippen LogP contribution >= 0.6 is 0 Å². The molecule has 0 aromatic heterocycles. The Morgan fingerprint density at radius 2 is 1.86 bits per heavy atom. The zero-order valence-electron chi connectivity index (χ0n) is 13.0. The van der Waals surface area contributed by atoms with Gasteiger partial charge in [0, 0.05) is 12.6 Å². The normalized spacial score (nSPS) is 24.8. The van der Waals surface area contributed by atoms with Gasteiger partial charge in [-0.1, -0.05) is 48.8 Å². The number of hydrogen-bond donors (Lipinski definition) is 0. The van der Waals surface area contributed by atoms with Crippen molar-refractivity contribution in [3.8, 4) is 0 Å². The Hall–Kier alpha value is -1.39. The fourth-order valence-electron chi connectivity index (χ4n) is 3.15. The highest BCUT2D eigenvalue weighted by molar-refractivity contribution is 7.89. The van der Waals surface area contributed by atoms with E-state index >= 15 is 0 Å². The molecule has 0 radical (unpaired) electrons. The quantitative estimate of drug-likeness (QED) is 0.831. The lowest BCUT2D eigenvalue weighted by atomic mass is 10.0. The van der Waals surface area contributed by atoms with Gasteiger partial charge in [0.05, 0.1) is 4.90 Å². The van der Waals surface area contributed by atoms with Gasteiger partial charge >= 0.3 is 0 Å². The second-order valence-corrected chi connectivity index (χ2v) is 8.10. The Labute approximate surface area is 133 Å². The van der Waals surface area contributed by atoms with Crippen molar-refractivity contribution < 1.29 is 8.42 Å². The van der Waals surface area contributed by atoms with E-state index in [-0.39, 0.29) is 6.04 Å². The molecule has 1 aliphatic heterocycles. The summed E-state index contributed by atoms with van der Waals surface area (Å²) in [5.74, 6) is 0. The van der Waals surface area contributed by atoms with Gasteiger partial charge in [-0.05, 0) is 43.9 Å². The van der Waals surface area contributed by atoms with Gasteiger partial charge in [0.2, 0.25) is 10.0 Å². The van der Waals surface area contributed by atoms with Gasteiger partial charge in [-0.25, -0.2) is 8.42 Å². The first-order valence-corrected chi connectivity index (χ1v) is 9.47. The number of nitrogens with zero attached hydrogens (tertiary/aromatic N) is 1. The number of aryl methyl sites for hydroxylation is 1. The van der Waals surface area contributed by atoms with Crippen LogP contribution in [-0.4, -0.2) is 25.3 Å². The van der Waals surface area contributed by atoms with Crippen molar-refractivity contribution in [1.29, 1.82) is 0 Å². The average molecular weight is 317 g/mol. The first-order chi connectivity index (χ1) is 10.6. The third-order valence-electron chi connectivity index (χ3n) is 4.44. The van der Waals surface area contributed by atoms with Crippen LogP contribution in [0.5, 0.6) is 0 Å². The molecule has 4 heteroatoms. The molecule has 1 atom stereocenters. The van der Waals surface area contributed by atoms with Gasteiger partial charge in [-0.3, -0.25) is 0 Å². The molecule has 0 amide bonds. The average Bonchev–Trinajstić information content (AvgIpc) is 2.90. The van der Waals surface area contributed by atoms with Gasteiger partial charge in [0.15, 0.2) is 0 Å². The molecular weight excluding hydrogens is 294 g/mol. The molecular formula is C18H23NO2S. The summed E-state index contributed by atoms with van der Waals surface area (Å²) in [5, 5.41) is 0. The SMILES string of the molecule is Cc1ccc(S(=O)(=O)N2CC3=CC2CCCCC/C=C\3)cc1. The van der Waals surface area contributed by atoms with Crippen LogP contribution in [0, 0.1) is 6.92 Å². The molecule has 22 heavy (non-hydrogen) atoms. The molecule has 0 saturated carbocycles. The van der Waals surface area contributed by atoms with E-state index in [1.54, 1.807) is 16.4 Å². The van der Waals surface area contributed by atoms with Crippen LogP contribution in [0.1, 0.15) is 37.7 Å². The van der Waals surface area contributed by atoms with Crippen molar-refractivity contribution in [2.75, 3.05) is 6.54 Å². The van der Waals surface area contributed by atoms with E-state index in [1.165, 1.54) is 12.8 Å². The number of hydrogen-bond acceptors (Lipinski definition) is 2. The largest absolute Gasteiger partial charge is 0.243 e. The van der Waals surface area contributed by atoms with Crippen LogP contribution < -0.4 is 0 Å². The van der Waals surface area contributed by atoms with Crippen LogP contribution in [-0.2, 0) is 10.0 Å². The lowest BCUT2D eigenvalue weighted by Crippen LogP contribution is -2.36. The van der Waals surface area contributed by atoms with Crippen LogP contribution in [0.3, 0.4) is 0 Å². The third-order valence-corrected chi connectivity index (χ3v) is 6.33. The molecule has 1 heterocycles. The molecule has 1 aliphatic carbocycles. The number of allylic oxidation sites excluding steroid dienone is 1. The Kier molecular flexibility index (Phi) is 4.50. The lowest BCUT2D eigenvalue weighted by Gasteiger charge is -2.24. The third kappa shape index (κ3) is 3.18. The van der Waals surface area contributed by atoms with Gasteiger partial charge in [-0.15, -0.1) is 0 Å². The van der Waals surface area contributed by atoms with E-state index in [1.807, 2.05) is 19.1 Å². The fourth-order valence-corrected chi connectivity index (χ4v) is 4.74. The van der Waals surface area contributed by atoms with Crippen molar-refractivity contribution >= 4 is 10.0 Å². The van der Waals surface area contributed by atoms with E-state index < -0.39 is 10.0 Å². The Morgan fingerprint density at radius 1 is 1.09 bits per heavy atom. The zero-order chi connectivity index (χ0) is 15.6. The number of fused-ring (bicyclic) bond motifs is 1. The van der Waals surface area contributed by atoms with Crippen LogP contribution in [0.2, 0.25) is 0 Å². The summed E-state index contributed by atoms with van der Waals surface area (Å²) in [4.78, 5) is 0.400. The monoisotopic (exact) mass is 317 g/mol. The summed E-state index contributed by atoms with van der Waals surface area (Å²) in [6.45, 7) is 2.46. The molecule has 0 fully saturated rings. The second-order valence-electron chi connectivity index (χ2n) is 6.21. The number of benzene rings is 1. The molecule has 2 bridgehead atoms. The summed E-state index contributed by atoms with van der Waals surface area (Å²) in [6, 6.07) is 7.16. The molecule has 0 spiro atoms. The predicted octanol–water partition coefficient (Wildman–Crippen LogP) is 3.81. The Balaban J connectivity index is 1.89. The highest BCUT2D eigenvalue weighted by atomic mass is 32.2. The minimum Gasteiger partial charge on any atom is -0.207 e. The molecule has 3 rings (SSSR count). The molecule has 1 aromatic rings. The van der Waals surface area contributed by atoms with Crippen molar-refractivity contribution in [2.24, 2.45) is 0 Å². The van der Waals surface area contributed by atoms with Crippen molar-refractivity contribution in [2.45, 2.75) is 50.0 Å². The maximum Gasteiger partial charge on any atom is 0.243 e. The molecule has 118 valence electrons. The van der Waals surface area contributed by atoms with Crippen LogP contribution in [0.15, 0.2) is 53.0 Å². The van der Waals surface area contributed by atoms with Crippen LogP contribution in [0.25, 0.3) is 0 Å². The molecule has 0 N–H and O–H groups in total. The topological polar surface area (TPSA) is 37.4 Å². The standard InChI is InChI=1S/C18H23NO2S/c1-15-9-11-18(12-10-15)22(20,21)19-14-16-7-5-3-2-4-6-8-17(19)13-16/h5,7,9-13,17H,2-4,6,8,14H2,1H3/b7-5-. The second kappa shape index (κ2) is 6.39. The minimum atomic E-state index is -3.42. The van der Waals surface area contributed by atoms with Crippen molar-refractivity contribution in [1.82, 2.24) is 4.31 Å². The highest BCUT2D eigenvalue weighted by Gasteiger charge is 2.34. The first kappa shape index (κ1) is 15.5. The molecule has 0 saturated heterocycles. The molecule has 1 unspecified atom stereocenters. The Bertz CT molecular complexity index is 686. The van der Waals surface area contributed by atoms with E-state index in [0.717, 1.165) is 30.4 Å². The molecule has 2 aliphatic rings. The number of rotatable bonds is 2. The first-order valence-electron chi connectivity index (χ1n) is 8.03. The fraction of sp³-hybridized carbons (Fsp3) is 0.444. The van der Waals surface area contributed by atoms with Crippen molar-refractivity contribution in [3.63, 3.8) is 0 Å². The van der Waals surface area contributed by atoms with E-state index in [9.17, 15) is 8.42 Å². The van der Waals surface area contributed by atoms with E-state index in [4.69, 9.17) is 0 Å². The van der Waals surface area contributed by atoms with Gasteiger partial charge < -0.3 is 0 Å². The summed E-state index contributed by atoms with van der Waals surface area (Å²) in [5.41, 5.74) is 2.20. The van der Waals surface area contributed by atoms with Crippen molar-refractivity contribution in [3.05, 3.63) is 53.6 Å². The molecule has 3 nitrogen and oxygen atoms in total. The van der Waals surface area contributed by atoms with E-state index in [2.05, 4.69) is 18.2 Å². The zero-order valence-corrected chi connectivity index (χ0v) is 13.8. The summed E-state index contributed by atoms with van der Waals surface area (Å²) < 4.78 is 27.6. The molecule has 1 aromatic carbocycles. The lowest BCUT2D eigenvalue weighted by molar-refractivity contribution is 0.383. The van der Waals surface area contributed by atoms with E-state index in [0.29, 0.717) is 11.4 Å². The van der Waals surface area contributed by atoms with Gasteiger partial charge in [0.1, 0.15) is 0 Å².